The minimum absolute atomic E-state index is 0.125. The number of carbonyl (C=O) groups excluding carboxylic acids is 2. The molecular weight excluding hydrogens is 490 g/mol. The van der Waals surface area contributed by atoms with Crippen molar-refractivity contribution in [3.63, 3.8) is 0 Å². The maximum absolute atomic E-state index is 12.8. The number of hydrogen-bond donors (Lipinski definition) is 2. The lowest BCUT2D eigenvalue weighted by molar-refractivity contribution is -0.113. The fourth-order valence-corrected chi connectivity index (χ4v) is 5.69. The maximum Gasteiger partial charge on any atom is 0.250 e. The number of amides is 1. The number of aryl methyl sites for hydroxylation is 1. The maximum atomic E-state index is 12.8. The van der Waals surface area contributed by atoms with Crippen molar-refractivity contribution < 1.29 is 14.1 Å². The summed E-state index contributed by atoms with van der Waals surface area (Å²) >= 11 is 1.51. The van der Waals surface area contributed by atoms with Gasteiger partial charge in [0.2, 0.25) is 17.7 Å². The van der Waals surface area contributed by atoms with E-state index in [1.807, 2.05) is 42.6 Å². The van der Waals surface area contributed by atoms with Crippen molar-refractivity contribution in [1.29, 1.82) is 0 Å². The van der Waals surface area contributed by atoms with Crippen LogP contribution in [0.1, 0.15) is 41.7 Å². The number of H-pyrrole nitrogens is 1. The average Bonchev–Trinajstić information content (AvgIpc) is 3.65. The second-order valence-electron chi connectivity index (χ2n) is 8.97. The zero-order chi connectivity index (χ0) is 25.5. The van der Waals surface area contributed by atoms with Crippen LogP contribution in [0.5, 0.6) is 0 Å². The Kier molecular flexibility index (Phi) is 5.76. The largest absolute Gasteiger partial charge is 0.366 e. The fraction of sp³-hybridized carbons (Fsp3) is 0.231. The number of nitrogens with two attached hydrogens (primary N) is 1. The monoisotopic (exact) mass is 513 g/mol. The molecular formula is C26H23N7O3S. The van der Waals surface area contributed by atoms with E-state index in [1.54, 1.807) is 6.20 Å². The number of aromatic nitrogens is 5. The molecule has 1 aromatic carbocycles. The number of anilines is 1. The van der Waals surface area contributed by atoms with E-state index in [9.17, 15) is 9.59 Å². The van der Waals surface area contributed by atoms with Crippen LogP contribution in [0.3, 0.4) is 0 Å². The molecule has 3 N–H and O–H groups in total. The number of rotatable bonds is 6. The van der Waals surface area contributed by atoms with Gasteiger partial charge in [-0.1, -0.05) is 23.4 Å². The van der Waals surface area contributed by atoms with E-state index in [4.69, 9.17) is 20.2 Å². The van der Waals surface area contributed by atoms with Gasteiger partial charge in [-0.25, -0.2) is 9.97 Å². The highest BCUT2D eigenvalue weighted by molar-refractivity contribution is 7.16. The van der Waals surface area contributed by atoms with Crippen LogP contribution in [0.15, 0.2) is 46.4 Å². The van der Waals surface area contributed by atoms with Crippen molar-refractivity contribution >= 4 is 61.7 Å². The zero-order valence-corrected chi connectivity index (χ0v) is 20.8. The fourth-order valence-electron chi connectivity index (χ4n) is 4.92. The van der Waals surface area contributed by atoms with E-state index < -0.39 is 5.91 Å². The highest BCUT2D eigenvalue weighted by atomic mass is 32.1. The molecule has 1 amide bonds. The van der Waals surface area contributed by atoms with Crippen LogP contribution in [0, 0.1) is 6.92 Å². The first-order valence-electron chi connectivity index (χ1n) is 11.9. The summed E-state index contributed by atoms with van der Waals surface area (Å²) in [4.78, 5) is 45.5. The highest BCUT2D eigenvalue weighted by Crippen LogP contribution is 2.35. The Morgan fingerprint density at radius 2 is 1.97 bits per heavy atom. The quantitative estimate of drug-likeness (QED) is 0.257. The van der Waals surface area contributed by atoms with Gasteiger partial charge in [0.15, 0.2) is 12.1 Å². The number of allylic oxidation sites excluding steroid dienone is 1. The van der Waals surface area contributed by atoms with Gasteiger partial charge in [0.1, 0.15) is 4.83 Å². The van der Waals surface area contributed by atoms with Crippen molar-refractivity contribution in [2.75, 3.05) is 18.0 Å². The first-order valence-corrected chi connectivity index (χ1v) is 12.8. The van der Waals surface area contributed by atoms with E-state index in [1.165, 1.54) is 11.3 Å². The number of piperidine rings is 1. The van der Waals surface area contributed by atoms with Gasteiger partial charge in [-0.2, -0.15) is 4.98 Å². The second-order valence-corrected chi connectivity index (χ2v) is 9.88. The van der Waals surface area contributed by atoms with E-state index in [2.05, 4.69) is 20.0 Å². The molecule has 0 bridgehead atoms. The molecule has 5 heterocycles. The van der Waals surface area contributed by atoms with Crippen molar-refractivity contribution in [1.82, 2.24) is 25.1 Å². The smallest absolute Gasteiger partial charge is 0.250 e. The first-order chi connectivity index (χ1) is 18.0. The Bertz CT molecular complexity index is 1670. The van der Waals surface area contributed by atoms with Gasteiger partial charge in [-0.05, 0) is 37.3 Å². The van der Waals surface area contributed by atoms with Crippen LogP contribution in [0.2, 0.25) is 0 Å². The standard InChI is InChI=1S/C26H23N7O3S/c1-14-29-24(36-32-14)15-6-9-33(10-7-15)26-30-20-5-3-2-4-17(20)22(31-26)19(13-34)21(23(27)35)18-12-28-25-16(18)8-11-37-25/h2-5,8,11-13,15,28H,6-7,9-10H2,1H3,(H2,27,35)/b21-19+. The predicted molar refractivity (Wildman–Crippen MR) is 141 cm³/mol. The summed E-state index contributed by atoms with van der Waals surface area (Å²) in [7, 11) is 0. The van der Waals surface area contributed by atoms with Crippen molar-refractivity contribution in [3.8, 4) is 0 Å². The van der Waals surface area contributed by atoms with Gasteiger partial charge in [0.25, 0.3) is 0 Å². The third-order valence-corrected chi connectivity index (χ3v) is 7.57. The van der Waals surface area contributed by atoms with Crippen LogP contribution >= 0.6 is 11.3 Å². The Hall–Kier alpha value is -4.38. The van der Waals surface area contributed by atoms with Crippen LogP contribution in [-0.4, -0.2) is 50.4 Å². The molecule has 186 valence electrons. The number of para-hydroxylation sites is 1. The number of benzene rings is 1. The van der Waals surface area contributed by atoms with Gasteiger partial charge in [-0.3, -0.25) is 9.59 Å². The van der Waals surface area contributed by atoms with Gasteiger partial charge in [0.05, 0.1) is 22.4 Å². The van der Waals surface area contributed by atoms with Gasteiger partial charge >= 0.3 is 0 Å². The summed E-state index contributed by atoms with van der Waals surface area (Å²) in [5, 5.41) is 7.32. The number of primary amides is 1. The molecule has 0 spiro atoms. The molecule has 1 fully saturated rings. The molecule has 1 aliphatic heterocycles. The third kappa shape index (κ3) is 4.06. The predicted octanol–water partition coefficient (Wildman–Crippen LogP) is 3.84. The van der Waals surface area contributed by atoms with Crippen molar-refractivity contribution in [2.24, 2.45) is 5.73 Å². The lowest BCUT2D eigenvalue weighted by Crippen LogP contribution is -2.34. The van der Waals surface area contributed by atoms with Crippen LogP contribution in [-0.2, 0) is 9.59 Å². The van der Waals surface area contributed by atoms with E-state index in [-0.39, 0.29) is 17.1 Å². The number of fused-ring (bicyclic) bond motifs is 2. The van der Waals surface area contributed by atoms with Crippen LogP contribution < -0.4 is 10.6 Å². The number of hydrogen-bond acceptors (Lipinski definition) is 9. The number of nitrogens with zero attached hydrogens (tertiary/aromatic N) is 5. The molecule has 37 heavy (non-hydrogen) atoms. The lowest BCUT2D eigenvalue weighted by atomic mass is 9.96. The Labute approximate surface area is 215 Å². The summed E-state index contributed by atoms with van der Waals surface area (Å²) in [6.45, 7) is 3.17. The molecule has 5 aromatic rings. The van der Waals surface area contributed by atoms with E-state index >= 15 is 0 Å². The summed E-state index contributed by atoms with van der Waals surface area (Å²) < 4.78 is 5.37. The number of carbonyl (C=O) groups is 2. The third-order valence-electron chi connectivity index (χ3n) is 6.72. The number of aldehydes is 1. The molecule has 0 aliphatic carbocycles. The molecule has 11 heteroatoms. The number of aromatic amines is 1. The molecule has 10 nitrogen and oxygen atoms in total. The minimum Gasteiger partial charge on any atom is -0.366 e. The molecule has 1 saturated heterocycles. The Morgan fingerprint density at radius 3 is 2.70 bits per heavy atom. The topological polar surface area (TPSA) is 144 Å². The second kappa shape index (κ2) is 9.25. The Balaban J connectivity index is 1.45. The SMILES string of the molecule is Cc1noc(C2CCN(c3nc(/C(C=O)=C(/C(N)=O)c4c[nH]c5sccc45)c4ccccc4n3)CC2)n1. The zero-order valence-electron chi connectivity index (χ0n) is 20.0. The van der Waals surface area contributed by atoms with Gasteiger partial charge < -0.3 is 20.1 Å². The van der Waals surface area contributed by atoms with Crippen LogP contribution in [0.25, 0.3) is 32.3 Å². The molecule has 0 atom stereocenters. The molecule has 4 aromatic heterocycles. The lowest BCUT2D eigenvalue weighted by Gasteiger charge is -2.30. The van der Waals surface area contributed by atoms with E-state index in [0.29, 0.717) is 59.2 Å². The first kappa shape index (κ1) is 23.0. The summed E-state index contributed by atoms with van der Waals surface area (Å²) in [5.74, 6) is 1.24. The number of thiophene rings is 1. The van der Waals surface area contributed by atoms with E-state index in [0.717, 1.165) is 23.1 Å². The molecule has 0 saturated carbocycles. The van der Waals surface area contributed by atoms with Gasteiger partial charge in [0, 0.05) is 41.5 Å². The van der Waals surface area contributed by atoms with Gasteiger partial charge in [-0.15, -0.1) is 11.3 Å². The number of nitrogens with one attached hydrogen (secondary N) is 1. The summed E-state index contributed by atoms with van der Waals surface area (Å²) in [6.07, 6.45) is 3.97. The summed E-state index contributed by atoms with van der Waals surface area (Å²) in [5.41, 5.74) is 7.75. The Morgan fingerprint density at radius 1 is 1.16 bits per heavy atom. The van der Waals surface area contributed by atoms with Crippen molar-refractivity contribution in [3.05, 3.63) is 64.9 Å². The summed E-state index contributed by atoms with van der Waals surface area (Å²) in [6, 6.07) is 9.35. The van der Waals surface area contributed by atoms with Crippen molar-refractivity contribution in [2.45, 2.75) is 25.7 Å². The molecule has 0 unspecified atom stereocenters. The molecule has 1 aliphatic rings. The molecule has 6 rings (SSSR count). The normalized spacial score (nSPS) is 15.3. The minimum atomic E-state index is -0.700. The highest BCUT2D eigenvalue weighted by Gasteiger charge is 2.28. The molecule has 0 radical (unpaired) electrons. The average molecular weight is 514 g/mol. The van der Waals surface area contributed by atoms with Crippen LogP contribution in [0.4, 0.5) is 5.95 Å².